The van der Waals surface area contributed by atoms with E-state index >= 15 is 0 Å². The average Bonchev–Trinajstić information content (AvgIpc) is 2.52. The number of hydrogen-bond donors (Lipinski definition) is 1. The van der Waals surface area contributed by atoms with E-state index in [2.05, 4.69) is 39.8 Å². The molecule has 0 aromatic rings. The van der Waals surface area contributed by atoms with Gasteiger partial charge in [0.05, 0.1) is 0 Å². The Morgan fingerprint density at radius 3 is 2.70 bits per heavy atom. The van der Waals surface area contributed by atoms with E-state index in [4.69, 9.17) is 5.11 Å². The molecule has 3 atom stereocenters. The largest absolute Gasteiger partial charge is 0.478 e. The van der Waals surface area contributed by atoms with Gasteiger partial charge in [0.1, 0.15) is 0 Å². The van der Waals surface area contributed by atoms with Crippen LogP contribution in [0.1, 0.15) is 86.0 Å². The highest BCUT2D eigenvalue weighted by atomic mass is 16.4. The molecule has 1 N–H and O–H groups in total. The van der Waals surface area contributed by atoms with Crippen molar-refractivity contribution in [2.75, 3.05) is 0 Å². The summed E-state index contributed by atoms with van der Waals surface area (Å²) in [6.07, 6.45) is 16.3. The maximum Gasteiger partial charge on any atom is 0.328 e. The van der Waals surface area contributed by atoms with Crippen LogP contribution in [-0.4, -0.2) is 11.1 Å². The van der Waals surface area contributed by atoms with Gasteiger partial charge in [-0.2, -0.15) is 0 Å². The zero-order valence-corrected chi connectivity index (χ0v) is 18.0. The van der Waals surface area contributed by atoms with E-state index < -0.39 is 5.97 Å². The minimum absolute atomic E-state index is 0.337. The van der Waals surface area contributed by atoms with Gasteiger partial charge in [-0.1, -0.05) is 51.0 Å². The molecule has 0 aliphatic heterocycles. The van der Waals surface area contributed by atoms with Crippen molar-refractivity contribution in [1.82, 2.24) is 0 Å². The lowest BCUT2D eigenvalue weighted by molar-refractivity contribution is -0.131. The summed E-state index contributed by atoms with van der Waals surface area (Å²) >= 11 is 0. The van der Waals surface area contributed by atoms with E-state index in [0.29, 0.717) is 22.7 Å². The molecule has 3 unspecified atom stereocenters. The van der Waals surface area contributed by atoms with Crippen molar-refractivity contribution in [3.8, 4) is 0 Å². The summed E-state index contributed by atoms with van der Waals surface area (Å²) in [5, 5.41) is 8.91. The minimum Gasteiger partial charge on any atom is -0.478 e. The van der Waals surface area contributed by atoms with Gasteiger partial charge in [-0.05, 0) is 92.4 Å². The zero-order chi connectivity index (χ0) is 19.8. The van der Waals surface area contributed by atoms with Gasteiger partial charge < -0.3 is 5.11 Å². The van der Waals surface area contributed by atoms with Gasteiger partial charge in [0.15, 0.2) is 0 Å². The molecule has 0 heterocycles. The third-order valence-corrected chi connectivity index (χ3v) is 7.52. The molecule has 0 aromatic carbocycles. The van der Waals surface area contributed by atoms with Crippen LogP contribution in [0.15, 0.2) is 34.9 Å². The monoisotopic (exact) mass is 370 g/mol. The number of hydrogen-bond acceptors (Lipinski definition) is 1. The lowest BCUT2D eigenvalue weighted by Gasteiger charge is -2.54. The van der Waals surface area contributed by atoms with E-state index in [1.54, 1.807) is 11.1 Å². The van der Waals surface area contributed by atoms with Crippen LogP contribution in [-0.2, 0) is 4.79 Å². The second-order valence-electron chi connectivity index (χ2n) is 10.6. The van der Waals surface area contributed by atoms with Gasteiger partial charge in [0.2, 0.25) is 0 Å². The normalized spacial score (nSPS) is 32.0. The third-order valence-electron chi connectivity index (χ3n) is 7.52. The fourth-order valence-corrected chi connectivity index (χ4v) is 6.36. The molecule has 2 nitrogen and oxygen atoms in total. The average molecular weight is 371 g/mol. The summed E-state index contributed by atoms with van der Waals surface area (Å²) in [5.41, 5.74) is 4.99. The first kappa shape index (κ1) is 20.4. The van der Waals surface area contributed by atoms with E-state index in [9.17, 15) is 4.79 Å². The van der Waals surface area contributed by atoms with Crippen LogP contribution >= 0.6 is 0 Å². The smallest absolute Gasteiger partial charge is 0.328 e. The van der Waals surface area contributed by atoms with Gasteiger partial charge in [0, 0.05) is 6.08 Å². The molecule has 0 spiro atoms. The number of aliphatic carboxylic acids is 1. The van der Waals surface area contributed by atoms with Gasteiger partial charge in [-0.25, -0.2) is 4.79 Å². The number of allylic oxidation sites excluding steroid dienone is 5. The molecule has 1 fully saturated rings. The number of carboxylic acids is 1. The summed E-state index contributed by atoms with van der Waals surface area (Å²) < 4.78 is 0. The van der Waals surface area contributed by atoms with Crippen molar-refractivity contribution in [3.63, 3.8) is 0 Å². The molecule has 3 rings (SSSR count). The predicted molar refractivity (Wildman–Crippen MR) is 113 cm³/mol. The first-order valence-electron chi connectivity index (χ1n) is 10.9. The number of carbonyl (C=O) groups is 1. The molecule has 3 aliphatic rings. The van der Waals surface area contributed by atoms with Crippen LogP contribution in [0, 0.1) is 28.6 Å². The maximum atomic E-state index is 10.8. The minimum atomic E-state index is -0.816. The Kier molecular flexibility index (Phi) is 5.75. The lowest BCUT2D eigenvalue weighted by atomic mass is 9.51. The SMILES string of the molecule is C/C(=C\C(=O)O)CCCC1CCCC2=CC3=CC(C)(C)CCC3C(C)(C)C21. The molecule has 3 aliphatic carbocycles. The maximum absolute atomic E-state index is 10.8. The van der Waals surface area contributed by atoms with Crippen LogP contribution in [0.25, 0.3) is 0 Å². The van der Waals surface area contributed by atoms with Gasteiger partial charge in [-0.15, -0.1) is 0 Å². The van der Waals surface area contributed by atoms with E-state index in [-0.39, 0.29) is 0 Å². The molecule has 2 heteroatoms. The molecule has 0 saturated heterocycles. The van der Waals surface area contributed by atoms with Gasteiger partial charge in [-0.3, -0.25) is 0 Å². The third kappa shape index (κ3) is 4.41. The highest BCUT2D eigenvalue weighted by molar-refractivity contribution is 5.80. The molecule has 150 valence electrons. The van der Waals surface area contributed by atoms with Crippen LogP contribution < -0.4 is 0 Å². The van der Waals surface area contributed by atoms with Crippen LogP contribution in [0.2, 0.25) is 0 Å². The van der Waals surface area contributed by atoms with Crippen molar-refractivity contribution in [3.05, 3.63) is 34.9 Å². The van der Waals surface area contributed by atoms with Crippen molar-refractivity contribution >= 4 is 5.97 Å². The second-order valence-corrected chi connectivity index (χ2v) is 10.6. The lowest BCUT2D eigenvalue weighted by Crippen LogP contribution is -2.44. The number of carboxylic acid groups (broad SMARTS) is 1. The summed E-state index contributed by atoms with van der Waals surface area (Å²) in [5.74, 6) is 1.35. The molecule has 0 bridgehead atoms. The molecule has 0 radical (unpaired) electrons. The van der Waals surface area contributed by atoms with Gasteiger partial charge >= 0.3 is 5.97 Å². The van der Waals surface area contributed by atoms with Crippen molar-refractivity contribution in [2.24, 2.45) is 28.6 Å². The van der Waals surface area contributed by atoms with Crippen LogP contribution in [0.5, 0.6) is 0 Å². The Morgan fingerprint density at radius 2 is 2.00 bits per heavy atom. The van der Waals surface area contributed by atoms with Crippen LogP contribution in [0.4, 0.5) is 0 Å². The molecule has 27 heavy (non-hydrogen) atoms. The van der Waals surface area contributed by atoms with Crippen molar-refractivity contribution in [2.45, 2.75) is 86.0 Å². The Morgan fingerprint density at radius 1 is 1.26 bits per heavy atom. The summed E-state index contributed by atoms with van der Waals surface area (Å²) in [6.45, 7) is 11.8. The quantitative estimate of drug-likeness (QED) is 0.533. The van der Waals surface area contributed by atoms with Crippen LogP contribution in [0.3, 0.4) is 0 Å². The van der Waals surface area contributed by atoms with E-state index in [1.807, 2.05) is 6.92 Å². The number of rotatable bonds is 5. The summed E-state index contributed by atoms with van der Waals surface area (Å²) in [7, 11) is 0. The summed E-state index contributed by atoms with van der Waals surface area (Å²) in [4.78, 5) is 10.8. The Hall–Kier alpha value is -1.31. The second kappa shape index (κ2) is 7.60. The van der Waals surface area contributed by atoms with Crippen molar-refractivity contribution < 1.29 is 9.90 Å². The fourth-order valence-electron chi connectivity index (χ4n) is 6.36. The predicted octanol–water partition coefficient (Wildman–Crippen LogP) is 6.93. The number of fused-ring (bicyclic) bond motifs is 2. The topological polar surface area (TPSA) is 37.3 Å². The van der Waals surface area contributed by atoms with E-state index in [1.165, 1.54) is 44.6 Å². The molecule has 0 amide bonds. The standard InChI is InChI=1S/C25H38O2/c1-17(14-22(26)27)8-6-9-18-10-7-11-19-15-20-16-24(2,3)13-12-21(20)25(4,5)23(18)19/h14-16,18,21,23H,6-13H2,1-5H3,(H,26,27)/b17-14+. The highest BCUT2D eigenvalue weighted by Crippen LogP contribution is 2.58. The first-order chi connectivity index (χ1) is 12.6. The molecule has 1 saturated carbocycles. The summed E-state index contributed by atoms with van der Waals surface area (Å²) in [6, 6.07) is 0. The van der Waals surface area contributed by atoms with Crippen molar-refractivity contribution in [1.29, 1.82) is 0 Å². The highest BCUT2D eigenvalue weighted by Gasteiger charge is 2.49. The Labute approximate surface area is 165 Å². The Bertz CT molecular complexity index is 674. The van der Waals surface area contributed by atoms with Gasteiger partial charge in [0.25, 0.3) is 0 Å². The first-order valence-corrected chi connectivity index (χ1v) is 10.9. The molecular formula is C25H38O2. The van der Waals surface area contributed by atoms with E-state index in [0.717, 1.165) is 24.3 Å². The molecular weight excluding hydrogens is 332 g/mol. The Balaban J connectivity index is 1.77. The fraction of sp³-hybridized carbons (Fsp3) is 0.720. The zero-order valence-electron chi connectivity index (χ0n) is 18.0. The molecule has 0 aromatic heterocycles.